The summed E-state index contributed by atoms with van der Waals surface area (Å²) in [7, 11) is 0. The number of aliphatic hydroxyl groups excluding tert-OH is 1. The normalized spacial score (nSPS) is 37.5. The van der Waals surface area contributed by atoms with Crippen molar-refractivity contribution in [3.05, 3.63) is 0 Å². The van der Waals surface area contributed by atoms with Crippen molar-refractivity contribution < 1.29 is 9.84 Å². The van der Waals surface area contributed by atoms with Gasteiger partial charge in [0.25, 0.3) is 0 Å². The zero-order valence-corrected chi connectivity index (χ0v) is 6.18. The standard InChI is InChI=1S/C8H14O2/c9-7-2-5-10-8(6-7)3-1-4-8/h7,9H,1-6H2/t7-/m0/s1. The van der Waals surface area contributed by atoms with Crippen molar-refractivity contribution in [1.29, 1.82) is 0 Å². The highest BCUT2D eigenvalue weighted by Gasteiger charge is 2.41. The minimum atomic E-state index is -0.0888. The van der Waals surface area contributed by atoms with E-state index in [1.54, 1.807) is 0 Å². The first-order chi connectivity index (χ1) is 4.81. The van der Waals surface area contributed by atoms with Gasteiger partial charge < -0.3 is 9.84 Å². The Kier molecular flexibility index (Phi) is 1.46. The van der Waals surface area contributed by atoms with E-state index in [0.717, 1.165) is 19.4 Å². The van der Waals surface area contributed by atoms with Crippen LogP contribution >= 0.6 is 0 Å². The van der Waals surface area contributed by atoms with Crippen LogP contribution in [0.4, 0.5) is 0 Å². The summed E-state index contributed by atoms with van der Waals surface area (Å²) in [4.78, 5) is 0. The molecule has 1 saturated heterocycles. The molecule has 0 radical (unpaired) electrons. The molecule has 0 aromatic heterocycles. The van der Waals surface area contributed by atoms with Gasteiger partial charge in [-0.25, -0.2) is 0 Å². The van der Waals surface area contributed by atoms with Gasteiger partial charge in [-0.3, -0.25) is 0 Å². The lowest BCUT2D eigenvalue weighted by Gasteiger charge is -2.46. The van der Waals surface area contributed by atoms with E-state index in [1.165, 1.54) is 19.3 Å². The fourth-order valence-electron chi connectivity index (χ4n) is 1.92. The first-order valence-corrected chi connectivity index (χ1v) is 4.13. The van der Waals surface area contributed by atoms with Crippen LogP contribution in [0.1, 0.15) is 32.1 Å². The van der Waals surface area contributed by atoms with Gasteiger partial charge in [0.15, 0.2) is 0 Å². The zero-order valence-electron chi connectivity index (χ0n) is 6.18. The molecule has 0 aromatic carbocycles. The van der Waals surface area contributed by atoms with Crippen LogP contribution in [-0.2, 0) is 4.74 Å². The maximum Gasteiger partial charge on any atom is 0.0707 e. The second-order valence-electron chi connectivity index (χ2n) is 3.53. The molecule has 2 aliphatic rings. The molecule has 1 spiro atoms. The summed E-state index contributed by atoms with van der Waals surface area (Å²) in [6, 6.07) is 0. The first-order valence-electron chi connectivity index (χ1n) is 4.13. The van der Waals surface area contributed by atoms with E-state index < -0.39 is 0 Å². The molecular formula is C8H14O2. The van der Waals surface area contributed by atoms with Crippen LogP contribution in [0.25, 0.3) is 0 Å². The van der Waals surface area contributed by atoms with Crippen molar-refractivity contribution in [3.8, 4) is 0 Å². The summed E-state index contributed by atoms with van der Waals surface area (Å²) < 4.78 is 5.61. The van der Waals surface area contributed by atoms with Crippen LogP contribution < -0.4 is 0 Å². The Labute approximate surface area is 61.2 Å². The molecule has 1 aliphatic carbocycles. The van der Waals surface area contributed by atoms with Gasteiger partial charge in [0.2, 0.25) is 0 Å². The molecule has 1 N–H and O–H groups in total. The SMILES string of the molecule is O[C@H]1CCOC2(CCC2)C1. The van der Waals surface area contributed by atoms with Gasteiger partial charge in [0.05, 0.1) is 11.7 Å². The number of hydrogen-bond donors (Lipinski definition) is 1. The van der Waals surface area contributed by atoms with E-state index in [0.29, 0.717) is 0 Å². The number of aliphatic hydroxyl groups is 1. The molecule has 2 heteroatoms. The summed E-state index contributed by atoms with van der Waals surface area (Å²) in [5, 5.41) is 9.33. The lowest BCUT2D eigenvalue weighted by Crippen LogP contribution is -2.47. The largest absolute Gasteiger partial charge is 0.393 e. The summed E-state index contributed by atoms with van der Waals surface area (Å²) in [6.07, 6.45) is 5.25. The third-order valence-corrected chi connectivity index (χ3v) is 2.73. The second-order valence-corrected chi connectivity index (χ2v) is 3.53. The summed E-state index contributed by atoms with van der Waals surface area (Å²) in [5.41, 5.74) is 0.123. The monoisotopic (exact) mass is 142 g/mol. The van der Waals surface area contributed by atoms with Crippen LogP contribution in [0.3, 0.4) is 0 Å². The first kappa shape index (κ1) is 6.62. The Morgan fingerprint density at radius 2 is 2.20 bits per heavy atom. The maximum atomic E-state index is 9.33. The van der Waals surface area contributed by atoms with Crippen molar-refractivity contribution in [1.82, 2.24) is 0 Å². The van der Waals surface area contributed by atoms with Crippen LogP contribution in [0.5, 0.6) is 0 Å². The van der Waals surface area contributed by atoms with Gasteiger partial charge in [-0.15, -0.1) is 0 Å². The van der Waals surface area contributed by atoms with Gasteiger partial charge >= 0.3 is 0 Å². The molecule has 0 aromatic rings. The molecule has 0 unspecified atom stereocenters. The Bertz CT molecular complexity index is 129. The van der Waals surface area contributed by atoms with Crippen LogP contribution in [0.2, 0.25) is 0 Å². The third-order valence-electron chi connectivity index (χ3n) is 2.73. The van der Waals surface area contributed by atoms with Crippen molar-refractivity contribution >= 4 is 0 Å². The average molecular weight is 142 g/mol. The van der Waals surface area contributed by atoms with Gasteiger partial charge in [-0.05, 0) is 25.7 Å². The Morgan fingerprint density at radius 1 is 1.40 bits per heavy atom. The highest BCUT2D eigenvalue weighted by atomic mass is 16.5. The Morgan fingerprint density at radius 3 is 2.60 bits per heavy atom. The lowest BCUT2D eigenvalue weighted by molar-refractivity contribution is -0.157. The summed E-state index contributed by atoms with van der Waals surface area (Å²) in [5.74, 6) is 0. The van der Waals surface area contributed by atoms with Crippen LogP contribution in [0, 0.1) is 0 Å². The molecule has 0 bridgehead atoms. The smallest absolute Gasteiger partial charge is 0.0707 e. The highest BCUT2D eigenvalue weighted by Crippen LogP contribution is 2.42. The second kappa shape index (κ2) is 2.21. The van der Waals surface area contributed by atoms with Crippen molar-refractivity contribution in [2.45, 2.75) is 43.8 Å². The molecule has 1 atom stereocenters. The molecule has 0 amide bonds. The predicted octanol–water partition coefficient (Wildman–Crippen LogP) is 1.08. The quantitative estimate of drug-likeness (QED) is 0.548. The van der Waals surface area contributed by atoms with Gasteiger partial charge in [0.1, 0.15) is 0 Å². The van der Waals surface area contributed by atoms with E-state index in [1.807, 2.05) is 0 Å². The molecule has 10 heavy (non-hydrogen) atoms. The minimum Gasteiger partial charge on any atom is -0.393 e. The minimum absolute atomic E-state index is 0.0888. The summed E-state index contributed by atoms with van der Waals surface area (Å²) in [6.45, 7) is 0.765. The summed E-state index contributed by atoms with van der Waals surface area (Å²) >= 11 is 0. The topological polar surface area (TPSA) is 29.5 Å². The predicted molar refractivity (Wildman–Crippen MR) is 37.8 cm³/mol. The van der Waals surface area contributed by atoms with Gasteiger partial charge in [-0.2, -0.15) is 0 Å². The number of rotatable bonds is 0. The van der Waals surface area contributed by atoms with Crippen LogP contribution in [-0.4, -0.2) is 23.4 Å². The van der Waals surface area contributed by atoms with E-state index in [-0.39, 0.29) is 11.7 Å². The lowest BCUT2D eigenvalue weighted by atomic mass is 9.74. The van der Waals surface area contributed by atoms with E-state index in [2.05, 4.69) is 0 Å². The molecule has 2 rings (SSSR count). The number of ether oxygens (including phenoxy) is 1. The Balaban J connectivity index is 1.96. The van der Waals surface area contributed by atoms with Gasteiger partial charge in [-0.1, -0.05) is 0 Å². The van der Waals surface area contributed by atoms with Gasteiger partial charge in [0, 0.05) is 13.0 Å². The Hall–Kier alpha value is -0.0800. The highest BCUT2D eigenvalue weighted by molar-refractivity contribution is 4.93. The fraction of sp³-hybridized carbons (Fsp3) is 1.00. The fourth-order valence-corrected chi connectivity index (χ4v) is 1.92. The zero-order chi connectivity index (χ0) is 7.03. The molecular weight excluding hydrogens is 128 g/mol. The third kappa shape index (κ3) is 0.956. The molecule has 2 nitrogen and oxygen atoms in total. The van der Waals surface area contributed by atoms with E-state index >= 15 is 0 Å². The molecule has 58 valence electrons. The van der Waals surface area contributed by atoms with Crippen molar-refractivity contribution in [2.75, 3.05) is 6.61 Å². The molecule has 1 saturated carbocycles. The van der Waals surface area contributed by atoms with Crippen molar-refractivity contribution in [3.63, 3.8) is 0 Å². The maximum absolute atomic E-state index is 9.33. The average Bonchev–Trinajstić information content (AvgIpc) is 1.85. The van der Waals surface area contributed by atoms with E-state index in [9.17, 15) is 5.11 Å². The van der Waals surface area contributed by atoms with Crippen LogP contribution in [0.15, 0.2) is 0 Å². The van der Waals surface area contributed by atoms with E-state index in [4.69, 9.17) is 4.74 Å². The molecule has 1 heterocycles. The van der Waals surface area contributed by atoms with Crippen molar-refractivity contribution in [2.24, 2.45) is 0 Å². The molecule has 2 fully saturated rings. The number of hydrogen-bond acceptors (Lipinski definition) is 2. The molecule has 1 aliphatic heterocycles.